The maximum Gasteiger partial charge on any atom is 0.272 e. The number of piperidine rings is 1. The van der Waals surface area contributed by atoms with Crippen LogP contribution in [0.3, 0.4) is 0 Å². The summed E-state index contributed by atoms with van der Waals surface area (Å²) in [6, 6.07) is 15.1. The van der Waals surface area contributed by atoms with E-state index in [9.17, 15) is 38.0 Å². The molecule has 2 fully saturated rings. The summed E-state index contributed by atoms with van der Waals surface area (Å²) in [4.78, 5) is 92.5. The second-order valence-electron chi connectivity index (χ2n) is 13.5. The standard InChI is InChI=1S/C39H38FN7O9/c40-28-9-8-23(21-30-24-4-1-2-5-25(24)35(50)44-43-30)20-27(28)37(52)46-15-13-45(14-16-46)33(49)22-56-19-18-55-17-12-41-29-7-3-6-26-34(29)39(54)47(38(26)53)31-10-11-32(48)42-36(31)51/h1-9,20,31,41H,10-19,21-22H2,(H,44,50)(H,42,48,51). The minimum absolute atomic E-state index is 0.0313. The van der Waals surface area contributed by atoms with Crippen LogP contribution in [-0.4, -0.2) is 126 Å². The number of nitrogens with zero attached hydrogens (tertiary/aromatic N) is 4. The molecule has 3 aliphatic rings. The third-order valence-corrected chi connectivity index (χ3v) is 9.95. The summed E-state index contributed by atoms with van der Waals surface area (Å²) in [5.41, 5.74) is 1.59. The van der Waals surface area contributed by atoms with E-state index in [2.05, 4.69) is 20.8 Å². The van der Waals surface area contributed by atoms with E-state index in [0.717, 1.165) is 4.90 Å². The molecule has 0 radical (unpaired) electrons. The molecule has 1 aromatic heterocycles. The summed E-state index contributed by atoms with van der Waals surface area (Å²) in [7, 11) is 0. The molecule has 3 N–H and O–H groups in total. The van der Waals surface area contributed by atoms with Crippen molar-refractivity contribution in [1.29, 1.82) is 0 Å². The van der Waals surface area contributed by atoms with E-state index in [4.69, 9.17) is 9.47 Å². The zero-order valence-electron chi connectivity index (χ0n) is 30.2. The molecule has 4 heterocycles. The van der Waals surface area contributed by atoms with Crippen LogP contribution < -0.4 is 16.2 Å². The van der Waals surface area contributed by atoms with Crippen molar-refractivity contribution in [3.05, 3.63) is 105 Å². The van der Waals surface area contributed by atoms with Crippen LogP contribution in [0.2, 0.25) is 0 Å². The fraction of sp³-hybridized carbons (Fsp3) is 0.333. The number of imide groups is 2. The minimum atomic E-state index is -1.06. The van der Waals surface area contributed by atoms with E-state index in [-0.39, 0.29) is 107 Å². The maximum atomic E-state index is 14.9. The third kappa shape index (κ3) is 7.90. The number of ether oxygens (including phenoxy) is 2. The predicted molar refractivity (Wildman–Crippen MR) is 197 cm³/mol. The van der Waals surface area contributed by atoms with Gasteiger partial charge in [-0.25, -0.2) is 9.49 Å². The van der Waals surface area contributed by atoms with Crippen LogP contribution in [0.1, 0.15) is 55.2 Å². The molecule has 3 aromatic carbocycles. The molecule has 1 atom stereocenters. The van der Waals surface area contributed by atoms with Gasteiger partial charge in [0.05, 0.1) is 47.6 Å². The number of aromatic amines is 1. The van der Waals surface area contributed by atoms with Gasteiger partial charge in [0.1, 0.15) is 18.5 Å². The molecule has 1 unspecified atom stereocenters. The Labute approximate surface area is 318 Å². The lowest BCUT2D eigenvalue weighted by molar-refractivity contribution is -0.138. The quantitative estimate of drug-likeness (QED) is 0.132. The first-order valence-corrected chi connectivity index (χ1v) is 18.2. The lowest BCUT2D eigenvalue weighted by Crippen LogP contribution is -2.54. The van der Waals surface area contributed by atoms with Gasteiger partial charge < -0.3 is 24.6 Å². The Bertz CT molecular complexity index is 2290. The highest BCUT2D eigenvalue weighted by Crippen LogP contribution is 2.32. The molecule has 7 rings (SSSR count). The summed E-state index contributed by atoms with van der Waals surface area (Å²) in [6.45, 7) is 1.60. The van der Waals surface area contributed by atoms with Crippen LogP contribution in [0, 0.1) is 5.82 Å². The number of fused-ring (bicyclic) bond motifs is 2. The number of benzene rings is 3. The molecular formula is C39H38FN7O9. The molecule has 0 bridgehead atoms. The van der Waals surface area contributed by atoms with E-state index in [1.807, 2.05) is 0 Å². The summed E-state index contributed by atoms with van der Waals surface area (Å²) in [5.74, 6) is -3.72. The number of halogens is 1. The zero-order chi connectivity index (χ0) is 39.3. The highest BCUT2D eigenvalue weighted by Gasteiger charge is 2.45. The SMILES string of the molecule is O=C1CCC(N2C(=O)c3cccc(NCCOCCOCC(=O)N4CCN(C(=O)c5cc(Cc6n[nH]c(=O)c7ccccc67)ccc5F)CC4)c3C2=O)C(=O)N1. The first-order chi connectivity index (χ1) is 27.1. The van der Waals surface area contributed by atoms with Crippen LogP contribution in [0.5, 0.6) is 0 Å². The number of anilines is 1. The number of carbonyl (C=O) groups excluding carboxylic acids is 6. The van der Waals surface area contributed by atoms with E-state index in [1.165, 1.54) is 23.1 Å². The zero-order valence-corrected chi connectivity index (χ0v) is 30.2. The maximum absolute atomic E-state index is 14.9. The fourth-order valence-corrected chi connectivity index (χ4v) is 7.07. The van der Waals surface area contributed by atoms with E-state index in [1.54, 1.807) is 47.4 Å². The fourth-order valence-electron chi connectivity index (χ4n) is 7.07. The summed E-state index contributed by atoms with van der Waals surface area (Å²) < 4.78 is 26.0. The lowest BCUT2D eigenvalue weighted by atomic mass is 10.0. The number of nitrogens with one attached hydrogen (secondary N) is 3. The minimum Gasteiger partial charge on any atom is -0.382 e. The average Bonchev–Trinajstić information content (AvgIpc) is 3.46. The van der Waals surface area contributed by atoms with Crippen LogP contribution in [0.25, 0.3) is 10.8 Å². The van der Waals surface area contributed by atoms with E-state index in [0.29, 0.717) is 27.7 Å². The van der Waals surface area contributed by atoms with Crippen LogP contribution >= 0.6 is 0 Å². The molecule has 56 heavy (non-hydrogen) atoms. The van der Waals surface area contributed by atoms with Gasteiger partial charge in [-0.05, 0) is 42.3 Å². The number of amides is 6. The molecule has 0 saturated carbocycles. The van der Waals surface area contributed by atoms with Gasteiger partial charge in [-0.15, -0.1) is 0 Å². The molecule has 2 saturated heterocycles. The number of piperazine rings is 1. The molecule has 4 aromatic rings. The second kappa shape index (κ2) is 16.6. The van der Waals surface area contributed by atoms with Gasteiger partial charge in [-0.3, -0.25) is 43.8 Å². The Hall–Kier alpha value is -6.33. The van der Waals surface area contributed by atoms with E-state index < -0.39 is 41.4 Å². The Balaban J connectivity index is 0.814. The summed E-state index contributed by atoms with van der Waals surface area (Å²) in [5, 5.41) is 13.1. The molecule has 0 spiro atoms. The van der Waals surface area contributed by atoms with Gasteiger partial charge in [0.25, 0.3) is 23.3 Å². The Morgan fingerprint density at radius 3 is 2.39 bits per heavy atom. The number of carbonyl (C=O) groups is 6. The highest BCUT2D eigenvalue weighted by atomic mass is 19.1. The molecule has 16 nitrogen and oxygen atoms in total. The first kappa shape index (κ1) is 38.0. The Morgan fingerprint density at radius 2 is 1.61 bits per heavy atom. The van der Waals surface area contributed by atoms with Crippen molar-refractivity contribution in [3.8, 4) is 0 Å². The molecule has 3 aliphatic heterocycles. The van der Waals surface area contributed by atoms with Crippen LogP contribution in [0.15, 0.2) is 65.5 Å². The Morgan fingerprint density at radius 1 is 0.857 bits per heavy atom. The van der Waals surface area contributed by atoms with Gasteiger partial charge in [0.2, 0.25) is 17.7 Å². The molecular weight excluding hydrogens is 729 g/mol. The first-order valence-electron chi connectivity index (χ1n) is 18.2. The van der Waals surface area contributed by atoms with Crippen molar-refractivity contribution in [2.45, 2.75) is 25.3 Å². The highest BCUT2D eigenvalue weighted by molar-refractivity contribution is 6.25. The van der Waals surface area contributed by atoms with Crippen molar-refractivity contribution < 1.29 is 42.6 Å². The number of hydrogen-bond acceptors (Lipinski definition) is 11. The third-order valence-electron chi connectivity index (χ3n) is 9.95. The predicted octanol–water partition coefficient (Wildman–Crippen LogP) is 1.48. The Kier molecular flexibility index (Phi) is 11.2. The van der Waals surface area contributed by atoms with Crippen molar-refractivity contribution in [3.63, 3.8) is 0 Å². The number of aromatic nitrogens is 2. The van der Waals surface area contributed by atoms with Crippen molar-refractivity contribution >= 4 is 51.9 Å². The molecule has 6 amide bonds. The second-order valence-corrected chi connectivity index (χ2v) is 13.5. The lowest BCUT2D eigenvalue weighted by Gasteiger charge is -2.34. The summed E-state index contributed by atoms with van der Waals surface area (Å²) >= 11 is 0. The normalized spacial score (nSPS) is 17.0. The smallest absolute Gasteiger partial charge is 0.272 e. The van der Waals surface area contributed by atoms with Gasteiger partial charge >= 0.3 is 0 Å². The van der Waals surface area contributed by atoms with Gasteiger partial charge in [0.15, 0.2) is 0 Å². The number of H-pyrrole nitrogens is 1. The topological polar surface area (TPSA) is 200 Å². The average molecular weight is 768 g/mol. The van der Waals surface area contributed by atoms with Crippen molar-refractivity contribution in [2.24, 2.45) is 0 Å². The number of rotatable bonds is 13. The number of hydrogen-bond donors (Lipinski definition) is 3. The molecule has 17 heteroatoms. The monoisotopic (exact) mass is 767 g/mol. The van der Waals surface area contributed by atoms with E-state index >= 15 is 0 Å². The molecule has 0 aliphatic carbocycles. The molecule has 290 valence electrons. The van der Waals surface area contributed by atoms with Crippen LogP contribution in [-0.2, 0) is 30.3 Å². The van der Waals surface area contributed by atoms with Crippen molar-refractivity contribution in [1.82, 2.24) is 30.2 Å². The van der Waals surface area contributed by atoms with Crippen molar-refractivity contribution in [2.75, 3.05) is 64.5 Å². The van der Waals surface area contributed by atoms with Gasteiger partial charge in [0, 0.05) is 56.6 Å². The van der Waals surface area contributed by atoms with Gasteiger partial charge in [-0.2, -0.15) is 5.10 Å². The van der Waals surface area contributed by atoms with Gasteiger partial charge in [-0.1, -0.05) is 30.3 Å². The van der Waals surface area contributed by atoms with Crippen LogP contribution in [0.4, 0.5) is 10.1 Å². The summed E-state index contributed by atoms with van der Waals surface area (Å²) in [6.07, 6.45) is 0.372. The largest absolute Gasteiger partial charge is 0.382 e.